The minimum Gasteiger partial charge on any atom is -0.497 e. The first-order valence-corrected chi connectivity index (χ1v) is 13.0. The molecule has 6 nitrogen and oxygen atoms in total. The Kier molecular flexibility index (Phi) is 5.91. The molecule has 0 spiro atoms. The number of hydrogen-bond acceptors (Lipinski definition) is 7. The maximum Gasteiger partial charge on any atom is 0.207 e. The van der Waals surface area contributed by atoms with Gasteiger partial charge in [-0.15, -0.1) is 11.3 Å². The van der Waals surface area contributed by atoms with E-state index in [0.717, 1.165) is 61.4 Å². The van der Waals surface area contributed by atoms with Gasteiger partial charge in [0.05, 0.1) is 24.6 Å². The molecule has 35 heavy (non-hydrogen) atoms. The van der Waals surface area contributed by atoms with Gasteiger partial charge in [0, 0.05) is 21.8 Å². The van der Waals surface area contributed by atoms with Crippen molar-refractivity contribution in [1.29, 1.82) is 0 Å². The zero-order chi connectivity index (χ0) is 23.8. The lowest BCUT2D eigenvalue weighted by molar-refractivity contribution is 0.171. The van der Waals surface area contributed by atoms with E-state index in [1.807, 2.05) is 47.5 Å². The summed E-state index contributed by atoms with van der Waals surface area (Å²) in [7, 11) is 1.67. The Hall–Kier alpha value is -3.36. The molecule has 176 valence electrons. The maximum absolute atomic E-state index is 5.86. The zero-order valence-electron chi connectivity index (χ0n) is 19.0. The summed E-state index contributed by atoms with van der Waals surface area (Å²) < 4.78 is 17.9. The van der Waals surface area contributed by atoms with Crippen LogP contribution in [-0.4, -0.2) is 31.0 Å². The summed E-state index contributed by atoms with van der Waals surface area (Å²) in [6, 6.07) is 22.4. The average molecular weight is 548 g/mol. The number of benzene rings is 3. The Labute approximate surface area is 215 Å². The molecule has 3 aromatic carbocycles. The van der Waals surface area contributed by atoms with Gasteiger partial charge in [-0.1, -0.05) is 34.1 Å². The van der Waals surface area contributed by atoms with E-state index in [4.69, 9.17) is 24.3 Å². The molecule has 6 rings (SSSR count). The molecule has 2 aliphatic heterocycles. The summed E-state index contributed by atoms with van der Waals surface area (Å²) in [5.74, 6) is 2.39. The van der Waals surface area contributed by atoms with Crippen LogP contribution in [0.25, 0.3) is 11.3 Å². The van der Waals surface area contributed by atoms with E-state index in [1.54, 1.807) is 18.4 Å². The van der Waals surface area contributed by atoms with Crippen LogP contribution >= 0.6 is 27.3 Å². The van der Waals surface area contributed by atoms with Crippen molar-refractivity contribution in [3.8, 4) is 28.5 Å². The molecule has 0 saturated carbocycles. The molecule has 0 bridgehead atoms. The van der Waals surface area contributed by atoms with Gasteiger partial charge in [-0.05, 0) is 59.7 Å². The van der Waals surface area contributed by atoms with Gasteiger partial charge in [0.2, 0.25) is 5.13 Å². The molecule has 1 unspecified atom stereocenters. The molecule has 0 radical (unpaired) electrons. The van der Waals surface area contributed by atoms with Crippen LogP contribution in [0.4, 0.5) is 5.13 Å². The lowest BCUT2D eigenvalue weighted by Crippen LogP contribution is -2.20. The van der Waals surface area contributed by atoms with Crippen LogP contribution in [0.2, 0.25) is 0 Å². The number of nitrogens with zero attached hydrogens (tertiary/aromatic N) is 3. The van der Waals surface area contributed by atoms with Crippen molar-refractivity contribution in [1.82, 2.24) is 4.98 Å². The highest BCUT2D eigenvalue weighted by atomic mass is 79.9. The molecule has 0 N–H and O–H groups in total. The molecule has 3 heterocycles. The van der Waals surface area contributed by atoms with E-state index in [0.29, 0.717) is 13.2 Å². The van der Waals surface area contributed by atoms with Crippen molar-refractivity contribution in [2.75, 3.05) is 25.3 Å². The molecule has 0 saturated heterocycles. The first kappa shape index (κ1) is 22.1. The van der Waals surface area contributed by atoms with Gasteiger partial charge in [0.25, 0.3) is 0 Å². The molecular formula is C27H22BrN3O3S. The molecule has 4 aromatic rings. The molecule has 2 aliphatic rings. The van der Waals surface area contributed by atoms with Crippen molar-refractivity contribution in [2.24, 2.45) is 5.10 Å². The van der Waals surface area contributed by atoms with E-state index < -0.39 is 0 Å². The molecule has 0 fully saturated rings. The van der Waals surface area contributed by atoms with Gasteiger partial charge in [0.15, 0.2) is 11.5 Å². The number of hydrogen-bond donors (Lipinski definition) is 0. The number of thiazole rings is 1. The van der Waals surface area contributed by atoms with Gasteiger partial charge >= 0.3 is 0 Å². The Morgan fingerprint density at radius 2 is 1.69 bits per heavy atom. The van der Waals surface area contributed by atoms with Crippen LogP contribution in [0, 0.1) is 0 Å². The van der Waals surface area contributed by atoms with Crippen molar-refractivity contribution in [3.05, 3.63) is 87.7 Å². The van der Waals surface area contributed by atoms with Crippen LogP contribution in [0.15, 0.2) is 81.7 Å². The monoisotopic (exact) mass is 547 g/mol. The minimum atomic E-state index is -0.000610. The van der Waals surface area contributed by atoms with Crippen LogP contribution in [0.5, 0.6) is 17.2 Å². The van der Waals surface area contributed by atoms with Crippen LogP contribution in [-0.2, 0) is 0 Å². The topological polar surface area (TPSA) is 56.2 Å². The Balaban J connectivity index is 1.37. The summed E-state index contributed by atoms with van der Waals surface area (Å²) in [4.78, 5) is 4.96. The molecular weight excluding hydrogens is 526 g/mol. The number of halogens is 1. The fourth-order valence-corrected chi connectivity index (χ4v) is 5.39. The second-order valence-corrected chi connectivity index (χ2v) is 10.0. The highest BCUT2D eigenvalue weighted by molar-refractivity contribution is 9.10. The molecule has 1 atom stereocenters. The lowest BCUT2D eigenvalue weighted by Gasteiger charge is -2.24. The summed E-state index contributed by atoms with van der Waals surface area (Å²) in [5, 5.41) is 10.0. The quantitative estimate of drug-likeness (QED) is 0.278. The number of rotatable bonds is 5. The Bertz CT molecular complexity index is 1390. The minimum absolute atomic E-state index is 0.000610. The third kappa shape index (κ3) is 4.39. The summed E-state index contributed by atoms with van der Waals surface area (Å²) in [5.41, 5.74) is 5.21. The average Bonchev–Trinajstić information content (AvgIpc) is 3.57. The third-order valence-electron chi connectivity index (χ3n) is 6.11. The summed E-state index contributed by atoms with van der Waals surface area (Å²) >= 11 is 5.12. The summed E-state index contributed by atoms with van der Waals surface area (Å²) in [6.45, 7) is 1.13. The first-order chi connectivity index (χ1) is 17.2. The number of anilines is 1. The second kappa shape index (κ2) is 9.36. The fourth-order valence-electron chi connectivity index (χ4n) is 4.29. The number of fused-ring (bicyclic) bond motifs is 1. The highest BCUT2D eigenvalue weighted by Gasteiger charge is 2.32. The normalized spacial score (nSPS) is 16.8. The van der Waals surface area contributed by atoms with Crippen LogP contribution in [0.3, 0.4) is 0 Å². The second-order valence-electron chi connectivity index (χ2n) is 8.26. The highest BCUT2D eigenvalue weighted by Crippen LogP contribution is 2.42. The van der Waals surface area contributed by atoms with Gasteiger partial charge in [-0.2, -0.15) is 5.10 Å². The molecule has 1 aromatic heterocycles. The maximum atomic E-state index is 5.86. The van der Waals surface area contributed by atoms with Crippen LogP contribution < -0.4 is 19.2 Å². The van der Waals surface area contributed by atoms with E-state index in [-0.39, 0.29) is 6.04 Å². The van der Waals surface area contributed by atoms with Gasteiger partial charge in [-0.25, -0.2) is 9.99 Å². The predicted octanol–water partition coefficient (Wildman–Crippen LogP) is 6.71. The standard InChI is InChI=1S/C27H22BrN3O3S/c1-32-21-9-4-18(5-10-21)23-16-35-27(29-23)31-24(15-22(30-31)17-2-7-20(28)8-3-17)19-6-11-25-26(14-19)34-13-12-33-25/h2-11,14,16,24H,12-13,15H2,1H3. The van der Waals surface area contributed by atoms with E-state index in [2.05, 4.69) is 45.6 Å². The Morgan fingerprint density at radius 3 is 2.46 bits per heavy atom. The Morgan fingerprint density at radius 1 is 0.943 bits per heavy atom. The molecule has 0 amide bonds. The third-order valence-corrected chi connectivity index (χ3v) is 7.47. The van der Waals surface area contributed by atoms with E-state index in [1.165, 1.54) is 0 Å². The summed E-state index contributed by atoms with van der Waals surface area (Å²) in [6.07, 6.45) is 0.763. The molecule has 0 aliphatic carbocycles. The predicted molar refractivity (Wildman–Crippen MR) is 142 cm³/mol. The van der Waals surface area contributed by atoms with Gasteiger partial charge < -0.3 is 14.2 Å². The first-order valence-electron chi connectivity index (χ1n) is 11.3. The largest absolute Gasteiger partial charge is 0.497 e. The molecule has 8 heteroatoms. The smallest absolute Gasteiger partial charge is 0.207 e. The van der Waals surface area contributed by atoms with Crippen molar-refractivity contribution in [3.63, 3.8) is 0 Å². The van der Waals surface area contributed by atoms with Gasteiger partial charge in [0.1, 0.15) is 19.0 Å². The lowest BCUT2D eigenvalue weighted by atomic mass is 9.98. The SMILES string of the molecule is COc1ccc(-c2csc(N3N=C(c4ccc(Br)cc4)CC3c3ccc4c(c3)OCCO4)n2)cc1. The number of methoxy groups -OCH3 is 1. The van der Waals surface area contributed by atoms with Crippen LogP contribution in [0.1, 0.15) is 23.6 Å². The zero-order valence-corrected chi connectivity index (χ0v) is 21.4. The van der Waals surface area contributed by atoms with E-state index >= 15 is 0 Å². The number of ether oxygens (including phenoxy) is 3. The van der Waals surface area contributed by atoms with Gasteiger partial charge in [-0.3, -0.25) is 0 Å². The van der Waals surface area contributed by atoms with Crippen molar-refractivity contribution in [2.45, 2.75) is 12.5 Å². The number of hydrazone groups is 1. The van der Waals surface area contributed by atoms with Crippen molar-refractivity contribution < 1.29 is 14.2 Å². The fraction of sp³-hybridized carbons (Fsp3) is 0.185. The van der Waals surface area contributed by atoms with E-state index in [9.17, 15) is 0 Å². The van der Waals surface area contributed by atoms with Crippen molar-refractivity contribution >= 4 is 38.1 Å². The number of aromatic nitrogens is 1.